The van der Waals surface area contributed by atoms with Gasteiger partial charge < -0.3 is 15.2 Å². The van der Waals surface area contributed by atoms with Gasteiger partial charge in [0.1, 0.15) is 16.9 Å². The van der Waals surface area contributed by atoms with Crippen molar-refractivity contribution in [3.8, 4) is 5.75 Å². The highest BCUT2D eigenvalue weighted by atomic mass is 35.5. The quantitative estimate of drug-likeness (QED) is 0.810. The lowest BCUT2D eigenvalue weighted by atomic mass is 9.78. The van der Waals surface area contributed by atoms with Crippen LogP contribution in [0.25, 0.3) is 0 Å². The van der Waals surface area contributed by atoms with Crippen LogP contribution in [0, 0.1) is 0 Å². The molecule has 19 heavy (non-hydrogen) atoms. The van der Waals surface area contributed by atoms with Crippen LogP contribution >= 0.6 is 23.2 Å². The molecule has 6 heteroatoms. The summed E-state index contributed by atoms with van der Waals surface area (Å²) < 4.78 is 10.6. The van der Waals surface area contributed by atoms with Crippen molar-refractivity contribution in [3.63, 3.8) is 0 Å². The fourth-order valence-corrected chi connectivity index (χ4v) is 2.97. The number of esters is 1. The van der Waals surface area contributed by atoms with E-state index in [9.17, 15) is 4.79 Å². The molecule has 2 rings (SSSR count). The molecule has 0 spiro atoms. The van der Waals surface area contributed by atoms with Crippen LogP contribution in [0.1, 0.15) is 25.8 Å². The number of benzene rings is 1. The minimum atomic E-state index is -1.32. The number of fused-ring (bicyclic) bond motifs is 1. The second-order valence-corrected chi connectivity index (χ2v) is 6.11. The Balaban J connectivity index is 2.70. The first-order chi connectivity index (χ1) is 8.69. The highest BCUT2D eigenvalue weighted by Crippen LogP contribution is 2.47. The van der Waals surface area contributed by atoms with Gasteiger partial charge in [0.05, 0.1) is 12.1 Å². The van der Waals surface area contributed by atoms with Crippen LogP contribution in [0.5, 0.6) is 5.75 Å². The molecule has 0 aliphatic carbocycles. The second-order valence-electron chi connectivity index (χ2n) is 5.27. The first kappa shape index (κ1) is 14.4. The Bertz CT molecular complexity index is 545. The zero-order valence-corrected chi connectivity index (χ0v) is 12.4. The van der Waals surface area contributed by atoms with Crippen LogP contribution in [0.2, 0.25) is 10.0 Å². The molecule has 0 amide bonds. The summed E-state index contributed by atoms with van der Waals surface area (Å²) in [6, 6.07) is 3.15. The van der Waals surface area contributed by atoms with E-state index in [1.165, 1.54) is 7.11 Å². The number of ether oxygens (including phenoxy) is 2. The molecule has 1 atom stereocenters. The predicted octanol–water partition coefficient (Wildman–Crippen LogP) is 2.88. The molecule has 2 N–H and O–H groups in total. The third-order valence-electron chi connectivity index (χ3n) is 3.12. The van der Waals surface area contributed by atoms with Gasteiger partial charge in [0, 0.05) is 17.0 Å². The smallest absolute Gasteiger partial charge is 0.330 e. The van der Waals surface area contributed by atoms with E-state index in [0.717, 1.165) is 0 Å². The van der Waals surface area contributed by atoms with E-state index in [1.807, 2.05) is 13.8 Å². The van der Waals surface area contributed by atoms with E-state index >= 15 is 0 Å². The zero-order valence-electron chi connectivity index (χ0n) is 10.9. The van der Waals surface area contributed by atoms with Crippen molar-refractivity contribution >= 4 is 29.2 Å². The number of carbonyl (C=O) groups excluding carboxylic acids is 1. The van der Waals surface area contributed by atoms with Crippen molar-refractivity contribution in [1.82, 2.24) is 0 Å². The lowest BCUT2D eigenvalue weighted by molar-refractivity contribution is -0.151. The third-order valence-corrected chi connectivity index (χ3v) is 3.62. The van der Waals surface area contributed by atoms with Crippen LogP contribution in [0.3, 0.4) is 0 Å². The average Bonchev–Trinajstić information content (AvgIpc) is 2.29. The molecule has 0 bridgehead atoms. The van der Waals surface area contributed by atoms with Gasteiger partial charge in [0.15, 0.2) is 0 Å². The van der Waals surface area contributed by atoms with Crippen molar-refractivity contribution in [2.24, 2.45) is 5.73 Å². The maximum atomic E-state index is 12.1. The molecule has 1 aromatic carbocycles. The zero-order chi connectivity index (χ0) is 14.4. The molecule has 1 heterocycles. The van der Waals surface area contributed by atoms with E-state index < -0.39 is 17.1 Å². The van der Waals surface area contributed by atoms with Gasteiger partial charge in [-0.15, -0.1) is 0 Å². The lowest BCUT2D eigenvalue weighted by Gasteiger charge is -2.42. The first-order valence-electron chi connectivity index (χ1n) is 5.75. The van der Waals surface area contributed by atoms with Crippen molar-refractivity contribution in [1.29, 1.82) is 0 Å². The largest absolute Gasteiger partial charge is 0.486 e. The number of rotatable bonds is 1. The van der Waals surface area contributed by atoms with Gasteiger partial charge >= 0.3 is 5.97 Å². The fraction of sp³-hybridized carbons (Fsp3) is 0.462. The summed E-state index contributed by atoms with van der Waals surface area (Å²) in [5.74, 6) is -0.154. The molecule has 0 saturated carbocycles. The van der Waals surface area contributed by atoms with Gasteiger partial charge in [-0.2, -0.15) is 0 Å². The average molecular weight is 304 g/mol. The highest BCUT2D eigenvalue weighted by Gasteiger charge is 2.49. The first-order valence-corrected chi connectivity index (χ1v) is 6.51. The molecule has 1 aliphatic rings. The van der Waals surface area contributed by atoms with Crippen LogP contribution < -0.4 is 10.5 Å². The maximum absolute atomic E-state index is 12.1. The highest BCUT2D eigenvalue weighted by molar-refractivity contribution is 6.35. The minimum absolute atomic E-state index is 0.274. The molecular formula is C13H15Cl2NO3. The van der Waals surface area contributed by atoms with Crippen molar-refractivity contribution in [3.05, 3.63) is 27.7 Å². The van der Waals surface area contributed by atoms with Crippen LogP contribution in [-0.2, 0) is 15.1 Å². The summed E-state index contributed by atoms with van der Waals surface area (Å²) in [6.45, 7) is 3.68. The van der Waals surface area contributed by atoms with Crippen molar-refractivity contribution in [2.75, 3.05) is 7.11 Å². The molecule has 0 fully saturated rings. The Morgan fingerprint density at radius 2 is 2.05 bits per heavy atom. The number of hydrogen-bond donors (Lipinski definition) is 1. The summed E-state index contributed by atoms with van der Waals surface area (Å²) in [7, 11) is 1.30. The summed E-state index contributed by atoms with van der Waals surface area (Å²) in [4.78, 5) is 12.1. The predicted molar refractivity (Wildman–Crippen MR) is 73.7 cm³/mol. The molecule has 0 saturated heterocycles. The molecule has 104 valence electrons. The second kappa shape index (κ2) is 4.54. The summed E-state index contributed by atoms with van der Waals surface area (Å²) in [5, 5.41) is 0.722. The van der Waals surface area contributed by atoms with Crippen LogP contribution in [-0.4, -0.2) is 18.7 Å². The van der Waals surface area contributed by atoms with Crippen molar-refractivity contribution in [2.45, 2.75) is 31.4 Å². The molecule has 0 aromatic heterocycles. The Labute approximate surface area is 121 Å². The summed E-state index contributed by atoms with van der Waals surface area (Å²) in [5.41, 5.74) is 4.77. The van der Waals surface area contributed by atoms with E-state index in [4.69, 9.17) is 38.4 Å². The number of carbonyl (C=O) groups is 1. The van der Waals surface area contributed by atoms with Gasteiger partial charge in [-0.05, 0) is 26.0 Å². The lowest BCUT2D eigenvalue weighted by Crippen LogP contribution is -2.55. The maximum Gasteiger partial charge on any atom is 0.330 e. The van der Waals surface area contributed by atoms with Crippen LogP contribution in [0.4, 0.5) is 0 Å². The minimum Gasteiger partial charge on any atom is -0.486 e. The molecule has 4 nitrogen and oxygen atoms in total. The normalized spacial score (nSPS) is 24.3. The van der Waals surface area contributed by atoms with E-state index in [0.29, 0.717) is 21.4 Å². The van der Waals surface area contributed by atoms with Crippen molar-refractivity contribution < 1.29 is 14.3 Å². The molecule has 1 unspecified atom stereocenters. The van der Waals surface area contributed by atoms with Gasteiger partial charge in [0.25, 0.3) is 0 Å². The molecular weight excluding hydrogens is 289 g/mol. The number of nitrogens with two attached hydrogens (primary N) is 1. The number of methoxy groups -OCH3 is 1. The van der Waals surface area contributed by atoms with E-state index in [1.54, 1.807) is 12.1 Å². The Kier molecular flexibility index (Phi) is 3.45. The summed E-state index contributed by atoms with van der Waals surface area (Å²) >= 11 is 12.1. The van der Waals surface area contributed by atoms with Crippen LogP contribution in [0.15, 0.2) is 12.1 Å². The van der Waals surface area contributed by atoms with E-state index in [2.05, 4.69) is 0 Å². The number of hydrogen-bond acceptors (Lipinski definition) is 4. The molecule has 0 radical (unpaired) electrons. The third kappa shape index (κ3) is 2.40. The van der Waals surface area contributed by atoms with Gasteiger partial charge in [-0.3, -0.25) is 0 Å². The monoisotopic (exact) mass is 303 g/mol. The van der Waals surface area contributed by atoms with Gasteiger partial charge in [0.2, 0.25) is 0 Å². The summed E-state index contributed by atoms with van der Waals surface area (Å²) in [6.07, 6.45) is 0.274. The van der Waals surface area contributed by atoms with Gasteiger partial charge in [-0.1, -0.05) is 23.2 Å². The standard InChI is InChI=1S/C13H15Cl2NO3/c1-12(2)6-13(16,11(17)18-3)8-4-7(14)5-9(15)10(8)19-12/h4-5H,6,16H2,1-3H3. The Morgan fingerprint density at radius 3 is 2.63 bits per heavy atom. The Hall–Kier alpha value is -0.970. The topological polar surface area (TPSA) is 61.5 Å². The van der Waals surface area contributed by atoms with Gasteiger partial charge in [-0.25, -0.2) is 4.79 Å². The fourth-order valence-electron chi connectivity index (χ4n) is 2.44. The van der Waals surface area contributed by atoms with E-state index in [-0.39, 0.29) is 6.42 Å². The SMILES string of the molecule is COC(=O)C1(N)CC(C)(C)Oc2c(Cl)cc(Cl)cc21. The molecule has 1 aromatic rings. The Morgan fingerprint density at radius 1 is 1.42 bits per heavy atom. The molecule has 1 aliphatic heterocycles. The number of halogens is 2.